The van der Waals surface area contributed by atoms with E-state index >= 15 is 0 Å². The minimum atomic E-state index is -0.0958. The van der Waals surface area contributed by atoms with Crippen molar-refractivity contribution in [1.82, 2.24) is 9.80 Å². The second kappa shape index (κ2) is 7.79. The van der Waals surface area contributed by atoms with E-state index in [2.05, 4.69) is 0 Å². The Balaban J connectivity index is 1.74. The Morgan fingerprint density at radius 3 is 2.24 bits per heavy atom. The molecule has 1 saturated heterocycles. The van der Waals surface area contributed by atoms with Crippen LogP contribution in [0.4, 0.5) is 0 Å². The van der Waals surface area contributed by atoms with E-state index in [-0.39, 0.29) is 17.9 Å². The molecule has 2 aromatic carbocycles. The zero-order valence-corrected chi connectivity index (χ0v) is 14.3. The Morgan fingerprint density at radius 1 is 0.960 bits per heavy atom. The summed E-state index contributed by atoms with van der Waals surface area (Å²) in [4.78, 5) is 28.2. The Hall–Kier alpha value is -2.88. The molecule has 1 unspecified atom stereocenters. The van der Waals surface area contributed by atoms with Gasteiger partial charge in [-0.05, 0) is 17.2 Å². The van der Waals surface area contributed by atoms with E-state index in [1.165, 1.54) is 0 Å². The lowest BCUT2D eigenvalue weighted by Gasteiger charge is -2.41. The topological polar surface area (TPSA) is 40.6 Å². The predicted molar refractivity (Wildman–Crippen MR) is 98.6 cm³/mol. The third-order valence-corrected chi connectivity index (χ3v) is 4.50. The number of nitrogens with zero attached hydrogens (tertiary/aromatic N) is 2. The van der Waals surface area contributed by atoms with Crippen molar-refractivity contribution < 1.29 is 9.59 Å². The zero-order valence-electron chi connectivity index (χ0n) is 14.3. The molecule has 128 valence electrons. The highest BCUT2D eigenvalue weighted by Crippen LogP contribution is 2.25. The molecular weight excluding hydrogens is 312 g/mol. The molecule has 0 spiro atoms. The van der Waals surface area contributed by atoms with Crippen LogP contribution in [0.1, 0.15) is 24.1 Å². The Bertz CT molecular complexity index is 756. The van der Waals surface area contributed by atoms with Gasteiger partial charge in [0.05, 0.1) is 6.04 Å². The Morgan fingerprint density at radius 2 is 1.60 bits per heavy atom. The van der Waals surface area contributed by atoms with Gasteiger partial charge < -0.3 is 9.80 Å². The maximum Gasteiger partial charge on any atom is 0.246 e. The van der Waals surface area contributed by atoms with Gasteiger partial charge in [0.1, 0.15) is 0 Å². The van der Waals surface area contributed by atoms with Gasteiger partial charge in [-0.25, -0.2) is 0 Å². The molecule has 0 N–H and O–H groups in total. The van der Waals surface area contributed by atoms with E-state index in [1.807, 2.05) is 76.5 Å². The lowest BCUT2D eigenvalue weighted by Crippen LogP contribution is -2.51. The van der Waals surface area contributed by atoms with E-state index in [0.29, 0.717) is 19.6 Å². The normalized spacial score (nSPS) is 17.7. The third-order valence-electron chi connectivity index (χ3n) is 4.50. The van der Waals surface area contributed by atoms with Crippen LogP contribution in [0.15, 0.2) is 66.7 Å². The summed E-state index contributed by atoms with van der Waals surface area (Å²) in [5.41, 5.74) is 2.06. The van der Waals surface area contributed by atoms with Gasteiger partial charge in [0.2, 0.25) is 11.8 Å². The van der Waals surface area contributed by atoms with Gasteiger partial charge in [0.15, 0.2) is 0 Å². The summed E-state index contributed by atoms with van der Waals surface area (Å²) < 4.78 is 0. The number of amides is 2. The van der Waals surface area contributed by atoms with Crippen molar-refractivity contribution in [2.24, 2.45) is 0 Å². The Kier molecular flexibility index (Phi) is 5.29. The monoisotopic (exact) mass is 334 g/mol. The van der Waals surface area contributed by atoms with Crippen molar-refractivity contribution in [2.75, 3.05) is 19.6 Å². The van der Waals surface area contributed by atoms with Gasteiger partial charge in [0, 0.05) is 32.6 Å². The highest BCUT2D eigenvalue weighted by atomic mass is 16.2. The summed E-state index contributed by atoms with van der Waals surface area (Å²) in [5, 5.41) is 0. The standard InChI is InChI=1S/C21H22N2O2/c1-17(24)23-15-14-22(16-20(23)19-10-6-3-7-11-19)21(25)13-12-18-8-4-2-5-9-18/h2-13,20H,14-16H2,1H3/b13-12+. The number of piperazine rings is 1. The molecule has 4 heteroatoms. The fourth-order valence-corrected chi connectivity index (χ4v) is 3.16. The van der Waals surface area contributed by atoms with Crippen LogP contribution in [0, 0.1) is 0 Å². The highest BCUT2D eigenvalue weighted by molar-refractivity contribution is 5.92. The van der Waals surface area contributed by atoms with Gasteiger partial charge >= 0.3 is 0 Å². The number of benzene rings is 2. The first kappa shape index (κ1) is 17.0. The summed E-state index contributed by atoms with van der Waals surface area (Å²) in [7, 11) is 0. The maximum absolute atomic E-state index is 12.6. The number of rotatable bonds is 3. The molecule has 25 heavy (non-hydrogen) atoms. The van der Waals surface area contributed by atoms with Crippen LogP contribution < -0.4 is 0 Å². The minimum Gasteiger partial charge on any atom is -0.335 e. The number of hydrogen-bond acceptors (Lipinski definition) is 2. The van der Waals surface area contributed by atoms with Crippen LogP contribution in [-0.2, 0) is 9.59 Å². The Labute approximate surface area is 148 Å². The van der Waals surface area contributed by atoms with Crippen LogP contribution in [-0.4, -0.2) is 41.2 Å². The molecule has 1 heterocycles. The SMILES string of the molecule is CC(=O)N1CCN(C(=O)/C=C/c2ccccc2)CC1c1ccccc1. The third kappa shape index (κ3) is 4.15. The first-order chi connectivity index (χ1) is 12.1. The maximum atomic E-state index is 12.6. The number of hydrogen-bond donors (Lipinski definition) is 0. The smallest absolute Gasteiger partial charge is 0.246 e. The molecule has 0 aromatic heterocycles. The number of carbonyl (C=O) groups is 2. The van der Waals surface area contributed by atoms with E-state index in [0.717, 1.165) is 11.1 Å². The lowest BCUT2D eigenvalue weighted by atomic mass is 10.0. The zero-order chi connectivity index (χ0) is 17.6. The second-order valence-electron chi connectivity index (χ2n) is 6.17. The number of carbonyl (C=O) groups excluding carboxylic acids is 2. The predicted octanol–water partition coefficient (Wildman–Crippen LogP) is 3.13. The first-order valence-electron chi connectivity index (χ1n) is 8.49. The molecule has 4 nitrogen and oxygen atoms in total. The molecule has 2 aromatic rings. The van der Waals surface area contributed by atoms with Gasteiger partial charge in [0.25, 0.3) is 0 Å². The molecule has 1 aliphatic rings. The molecule has 0 radical (unpaired) electrons. The van der Waals surface area contributed by atoms with Gasteiger partial charge in [-0.15, -0.1) is 0 Å². The molecule has 0 aliphatic carbocycles. The molecule has 2 amide bonds. The summed E-state index contributed by atoms with van der Waals surface area (Å²) >= 11 is 0. The molecular formula is C21H22N2O2. The summed E-state index contributed by atoms with van der Waals surface area (Å²) in [6.45, 7) is 3.21. The molecule has 1 atom stereocenters. The van der Waals surface area contributed by atoms with Crippen LogP contribution >= 0.6 is 0 Å². The van der Waals surface area contributed by atoms with Crippen molar-refractivity contribution in [3.8, 4) is 0 Å². The van der Waals surface area contributed by atoms with Crippen molar-refractivity contribution in [1.29, 1.82) is 0 Å². The molecule has 3 rings (SSSR count). The van der Waals surface area contributed by atoms with Crippen LogP contribution in [0.25, 0.3) is 6.08 Å². The second-order valence-corrected chi connectivity index (χ2v) is 6.17. The molecule has 0 bridgehead atoms. The van der Waals surface area contributed by atoms with Crippen LogP contribution in [0.5, 0.6) is 0 Å². The lowest BCUT2D eigenvalue weighted by molar-refractivity contribution is -0.139. The average molecular weight is 334 g/mol. The van der Waals surface area contributed by atoms with E-state index in [9.17, 15) is 9.59 Å². The fraction of sp³-hybridized carbons (Fsp3) is 0.238. The van der Waals surface area contributed by atoms with Crippen molar-refractivity contribution >= 4 is 17.9 Å². The summed E-state index contributed by atoms with van der Waals surface area (Å²) in [6, 6.07) is 19.6. The summed E-state index contributed by atoms with van der Waals surface area (Å²) in [5.74, 6) is 0.0220. The quantitative estimate of drug-likeness (QED) is 0.809. The molecule has 1 aliphatic heterocycles. The van der Waals surface area contributed by atoms with Crippen LogP contribution in [0.3, 0.4) is 0 Å². The largest absolute Gasteiger partial charge is 0.335 e. The van der Waals surface area contributed by atoms with Gasteiger partial charge in [-0.1, -0.05) is 60.7 Å². The highest BCUT2D eigenvalue weighted by Gasteiger charge is 2.31. The van der Waals surface area contributed by atoms with Gasteiger partial charge in [-0.3, -0.25) is 9.59 Å². The van der Waals surface area contributed by atoms with E-state index < -0.39 is 0 Å². The van der Waals surface area contributed by atoms with Crippen molar-refractivity contribution in [3.05, 3.63) is 77.9 Å². The van der Waals surface area contributed by atoms with Crippen molar-refractivity contribution in [2.45, 2.75) is 13.0 Å². The van der Waals surface area contributed by atoms with Crippen molar-refractivity contribution in [3.63, 3.8) is 0 Å². The average Bonchev–Trinajstić information content (AvgIpc) is 2.67. The van der Waals surface area contributed by atoms with Gasteiger partial charge in [-0.2, -0.15) is 0 Å². The van der Waals surface area contributed by atoms with E-state index in [1.54, 1.807) is 13.0 Å². The first-order valence-corrected chi connectivity index (χ1v) is 8.49. The van der Waals surface area contributed by atoms with E-state index in [4.69, 9.17) is 0 Å². The molecule has 1 fully saturated rings. The molecule has 0 saturated carbocycles. The van der Waals surface area contributed by atoms with Crippen LogP contribution in [0.2, 0.25) is 0 Å². The minimum absolute atomic E-state index is 0.0204. The summed E-state index contributed by atoms with van der Waals surface area (Å²) in [6.07, 6.45) is 3.44. The fourth-order valence-electron chi connectivity index (χ4n) is 3.16.